The fourth-order valence-corrected chi connectivity index (χ4v) is 3.26. The first-order valence-corrected chi connectivity index (χ1v) is 8.32. The Balaban J connectivity index is 1.77. The van der Waals surface area contributed by atoms with Crippen LogP contribution in [0.25, 0.3) is 11.1 Å². The molecule has 3 nitrogen and oxygen atoms in total. The molecular weight excluding hydrogens is 364 g/mol. The largest absolute Gasteiger partial charge is 0.507 e. The van der Waals surface area contributed by atoms with Gasteiger partial charge in [-0.2, -0.15) is 5.10 Å². The molecule has 3 aromatic carbocycles. The summed E-state index contributed by atoms with van der Waals surface area (Å²) in [6.07, 6.45) is 1.57. The van der Waals surface area contributed by atoms with Crippen LogP contribution in [0.15, 0.2) is 81.4 Å². The van der Waals surface area contributed by atoms with Crippen LogP contribution in [-0.2, 0) is 0 Å². The quantitative estimate of drug-likeness (QED) is 0.388. The van der Waals surface area contributed by atoms with Crippen molar-refractivity contribution in [3.8, 4) is 16.9 Å². The molecule has 1 N–H and O–H groups in total. The molecule has 0 saturated carbocycles. The summed E-state index contributed by atoms with van der Waals surface area (Å²) in [6.45, 7) is 0. The molecule has 0 spiro atoms. The smallest absolute Gasteiger partial charge is 0.124 e. The van der Waals surface area contributed by atoms with E-state index in [9.17, 15) is 5.11 Å². The van der Waals surface area contributed by atoms with E-state index < -0.39 is 0 Å². The summed E-state index contributed by atoms with van der Waals surface area (Å²) in [6, 6.07) is 21.6. The van der Waals surface area contributed by atoms with Gasteiger partial charge in [-0.05, 0) is 29.3 Å². The molecule has 1 aliphatic rings. The standard InChI is InChI=1S/C20H13BrN2O/c21-14-9-10-19(24)13(11-14)12-22-23-20-17-7-3-1-5-15(17)16-6-2-4-8-18(16)20/h1-12,24H/b22-12-. The van der Waals surface area contributed by atoms with Crippen LogP contribution in [-0.4, -0.2) is 17.0 Å². The molecule has 0 unspecified atom stereocenters. The van der Waals surface area contributed by atoms with Crippen LogP contribution in [0.4, 0.5) is 0 Å². The lowest BCUT2D eigenvalue weighted by atomic mass is 10.1. The van der Waals surface area contributed by atoms with Crippen LogP contribution in [0.1, 0.15) is 16.7 Å². The van der Waals surface area contributed by atoms with Crippen LogP contribution >= 0.6 is 15.9 Å². The maximum absolute atomic E-state index is 9.88. The van der Waals surface area contributed by atoms with Crippen LogP contribution in [0.2, 0.25) is 0 Å². The monoisotopic (exact) mass is 376 g/mol. The molecule has 0 radical (unpaired) electrons. The summed E-state index contributed by atoms with van der Waals surface area (Å²) in [5.41, 5.74) is 5.98. The fraction of sp³-hybridized carbons (Fsp3) is 0. The zero-order valence-corrected chi connectivity index (χ0v) is 14.2. The first kappa shape index (κ1) is 14.8. The van der Waals surface area contributed by atoms with Crippen molar-refractivity contribution in [1.82, 2.24) is 0 Å². The molecule has 24 heavy (non-hydrogen) atoms. The van der Waals surface area contributed by atoms with Crippen molar-refractivity contribution in [2.24, 2.45) is 10.2 Å². The molecule has 116 valence electrons. The van der Waals surface area contributed by atoms with Gasteiger partial charge in [0.1, 0.15) is 11.5 Å². The third kappa shape index (κ3) is 2.55. The highest BCUT2D eigenvalue weighted by Gasteiger charge is 2.23. The molecule has 0 amide bonds. The highest BCUT2D eigenvalue weighted by Crippen LogP contribution is 2.36. The number of hydrogen-bond acceptors (Lipinski definition) is 3. The third-order valence-corrected chi connectivity index (χ3v) is 4.49. The van der Waals surface area contributed by atoms with E-state index in [1.165, 1.54) is 11.1 Å². The summed E-state index contributed by atoms with van der Waals surface area (Å²) in [5, 5.41) is 18.5. The van der Waals surface area contributed by atoms with Crippen LogP contribution in [0.5, 0.6) is 5.75 Å². The first-order valence-electron chi connectivity index (χ1n) is 7.53. The second-order valence-corrected chi connectivity index (χ2v) is 6.40. The van der Waals surface area contributed by atoms with Gasteiger partial charge in [0, 0.05) is 21.2 Å². The van der Waals surface area contributed by atoms with Gasteiger partial charge in [0.15, 0.2) is 0 Å². The topological polar surface area (TPSA) is 45.0 Å². The van der Waals surface area contributed by atoms with Gasteiger partial charge < -0.3 is 5.11 Å². The summed E-state index contributed by atoms with van der Waals surface area (Å²) in [4.78, 5) is 0. The predicted molar refractivity (Wildman–Crippen MR) is 101 cm³/mol. The number of halogens is 1. The predicted octanol–water partition coefficient (Wildman–Crippen LogP) is 5.01. The zero-order chi connectivity index (χ0) is 16.5. The molecule has 1 aliphatic carbocycles. The van der Waals surface area contributed by atoms with Crippen molar-refractivity contribution in [3.05, 3.63) is 87.9 Å². The highest BCUT2D eigenvalue weighted by molar-refractivity contribution is 9.10. The summed E-state index contributed by atoms with van der Waals surface area (Å²) in [7, 11) is 0. The first-order chi connectivity index (χ1) is 11.7. The van der Waals surface area contributed by atoms with Crippen molar-refractivity contribution in [1.29, 1.82) is 0 Å². The van der Waals surface area contributed by atoms with Crippen LogP contribution in [0, 0.1) is 0 Å². The number of benzene rings is 3. The van der Waals surface area contributed by atoms with Crippen molar-refractivity contribution >= 4 is 27.9 Å². The van der Waals surface area contributed by atoms with Gasteiger partial charge >= 0.3 is 0 Å². The van der Waals surface area contributed by atoms with E-state index in [2.05, 4.69) is 50.4 Å². The Hall–Kier alpha value is -2.72. The number of phenols is 1. The molecule has 4 heteroatoms. The Morgan fingerprint density at radius 2 is 1.38 bits per heavy atom. The van der Waals surface area contributed by atoms with Crippen LogP contribution in [0.3, 0.4) is 0 Å². The average Bonchev–Trinajstić information content (AvgIpc) is 2.93. The molecule has 0 aliphatic heterocycles. The minimum Gasteiger partial charge on any atom is -0.507 e. The minimum absolute atomic E-state index is 0.175. The van der Waals surface area contributed by atoms with E-state index in [0.29, 0.717) is 5.56 Å². The fourth-order valence-electron chi connectivity index (χ4n) is 2.88. The second kappa shape index (κ2) is 6.06. The lowest BCUT2D eigenvalue weighted by Crippen LogP contribution is -1.97. The summed E-state index contributed by atoms with van der Waals surface area (Å²) < 4.78 is 0.881. The van der Waals surface area contributed by atoms with Crippen LogP contribution < -0.4 is 0 Å². The SMILES string of the molecule is Oc1ccc(Br)cc1/C=N\N=C1c2ccccc2-c2ccccc21. The molecule has 0 fully saturated rings. The number of phenolic OH excluding ortho intramolecular Hbond substituents is 1. The lowest BCUT2D eigenvalue weighted by Gasteiger charge is -1.99. The highest BCUT2D eigenvalue weighted by atomic mass is 79.9. The molecule has 0 saturated heterocycles. The van der Waals surface area contributed by atoms with Gasteiger partial charge in [0.25, 0.3) is 0 Å². The van der Waals surface area contributed by atoms with E-state index >= 15 is 0 Å². The zero-order valence-electron chi connectivity index (χ0n) is 12.6. The minimum atomic E-state index is 0.175. The Kier molecular flexibility index (Phi) is 3.75. The van der Waals surface area contributed by atoms with Crippen molar-refractivity contribution in [3.63, 3.8) is 0 Å². The van der Waals surface area contributed by atoms with E-state index in [4.69, 9.17) is 0 Å². The third-order valence-electron chi connectivity index (χ3n) is 4.00. The summed E-state index contributed by atoms with van der Waals surface area (Å²) >= 11 is 3.39. The average molecular weight is 377 g/mol. The van der Waals surface area contributed by atoms with Gasteiger partial charge in [0.05, 0.1) is 6.21 Å². The van der Waals surface area contributed by atoms with Gasteiger partial charge in [-0.15, -0.1) is 5.10 Å². The number of aromatic hydroxyl groups is 1. The van der Waals surface area contributed by atoms with E-state index in [1.54, 1.807) is 24.4 Å². The summed E-state index contributed by atoms with van der Waals surface area (Å²) in [5.74, 6) is 0.175. The van der Waals surface area contributed by atoms with Gasteiger partial charge in [-0.3, -0.25) is 0 Å². The Labute approximate surface area is 148 Å². The Morgan fingerprint density at radius 1 is 0.792 bits per heavy atom. The second-order valence-electron chi connectivity index (χ2n) is 5.49. The molecular formula is C20H13BrN2O. The van der Waals surface area contributed by atoms with E-state index in [-0.39, 0.29) is 5.75 Å². The van der Waals surface area contributed by atoms with Gasteiger partial charge in [-0.1, -0.05) is 64.5 Å². The maximum Gasteiger partial charge on any atom is 0.124 e. The molecule has 0 heterocycles. The van der Waals surface area contributed by atoms with Crippen molar-refractivity contribution in [2.75, 3.05) is 0 Å². The molecule has 4 rings (SSSR count). The molecule has 3 aromatic rings. The normalized spacial score (nSPS) is 12.3. The Bertz CT molecular complexity index is 945. The number of nitrogens with zero attached hydrogens (tertiary/aromatic N) is 2. The van der Waals surface area contributed by atoms with E-state index in [0.717, 1.165) is 21.3 Å². The maximum atomic E-state index is 9.88. The number of hydrogen-bond donors (Lipinski definition) is 1. The lowest BCUT2D eigenvalue weighted by molar-refractivity contribution is 0.474. The number of rotatable bonds is 2. The van der Waals surface area contributed by atoms with Gasteiger partial charge in [-0.25, -0.2) is 0 Å². The number of fused-ring (bicyclic) bond motifs is 3. The van der Waals surface area contributed by atoms with Crippen molar-refractivity contribution in [2.45, 2.75) is 0 Å². The molecule has 0 atom stereocenters. The van der Waals surface area contributed by atoms with E-state index in [1.807, 2.05) is 24.3 Å². The molecule has 0 bridgehead atoms. The van der Waals surface area contributed by atoms with Crippen molar-refractivity contribution < 1.29 is 5.11 Å². The molecule has 0 aromatic heterocycles. The van der Waals surface area contributed by atoms with Gasteiger partial charge in [0.2, 0.25) is 0 Å². The Morgan fingerprint density at radius 3 is 2.00 bits per heavy atom.